The Labute approximate surface area is 172 Å². The fraction of sp³-hybridized carbons (Fsp3) is 0.333. The van der Waals surface area contributed by atoms with Crippen LogP contribution in [-0.2, 0) is 22.5 Å². The molecule has 1 aromatic carbocycles. The van der Waals surface area contributed by atoms with Crippen molar-refractivity contribution in [2.75, 3.05) is 11.6 Å². The van der Waals surface area contributed by atoms with Gasteiger partial charge in [-0.05, 0) is 19.1 Å². The van der Waals surface area contributed by atoms with E-state index in [4.69, 9.17) is 11.6 Å². The fourth-order valence-electron chi connectivity index (χ4n) is 3.34. The highest BCUT2D eigenvalue weighted by molar-refractivity contribution is 7.84. The second-order valence-corrected chi connectivity index (χ2v) is 8.32. The summed E-state index contributed by atoms with van der Waals surface area (Å²) in [7, 11) is -1.61. The third-order valence-corrected chi connectivity index (χ3v) is 5.95. The van der Waals surface area contributed by atoms with E-state index in [-0.39, 0.29) is 39.1 Å². The van der Waals surface area contributed by atoms with Crippen LogP contribution in [0.25, 0.3) is 5.69 Å². The summed E-state index contributed by atoms with van der Waals surface area (Å²) in [5, 5.41) is 26.4. The largest absolute Gasteiger partial charge is 0.416 e. The van der Waals surface area contributed by atoms with Crippen molar-refractivity contribution in [3.05, 3.63) is 46.6 Å². The zero-order chi connectivity index (χ0) is 21.7. The maximum absolute atomic E-state index is 13.4. The average molecular weight is 445 g/mol. The summed E-state index contributed by atoms with van der Waals surface area (Å²) < 4.78 is 53.8. The molecule has 1 aliphatic heterocycles. The Morgan fingerprint density at radius 3 is 2.69 bits per heavy atom. The second kappa shape index (κ2) is 7.16. The molecule has 0 saturated heterocycles. The Morgan fingerprint density at radius 1 is 1.55 bits per heavy atom. The van der Waals surface area contributed by atoms with Gasteiger partial charge in [0.1, 0.15) is 16.4 Å². The third-order valence-electron chi connectivity index (χ3n) is 4.68. The Hall–Kier alpha value is -2.35. The van der Waals surface area contributed by atoms with Crippen LogP contribution >= 0.6 is 11.6 Å². The summed E-state index contributed by atoms with van der Waals surface area (Å²) in [5.74, 6) is 0.172. The number of aliphatic hydroxyl groups excluding tert-OH is 1. The molecule has 0 spiro atoms. The van der Waals surface area contributed by atoms with Gasteiger partial charge >= 0.3 is 6.18 Å². The van der Waals surface area contributed by atoms with Crippen molar-refractivity contribution >= 4 is 28.2 Å². The van der Waals surface area contributed by atoms with Gasteiger partial charge in [0.05, 0.1) is 51.2 Å². The Bertz CT molecular complexity index is 1070. The first-order valence-corrected chi connectivity index (χ1v) is 10.2. The molecule has 1 aromatic heterocycles. The maximum atomic E-state index is 13.4. The number of alkyl halides is 3. The van der Waals surface area contributed by atoms with Gasteiger partial charge in [0.25, 0.3) is 0 Å². The molecule has 0 bridgehead atoms. The van der Waals surface area contributed by atoms with Crippen LogP contribution in [0.2, 0.25) is 5.02 Å². The van der Waals surface area contributed by atoms with E-state index in [1.54, 1.807) is 0 Å². The van der Waals surface area contributed by atoms with Crippen molar-refractivity contribution < 1.29 is 22.5 Å². The Kier molecular flexibility index (Phi) is 5.28. The van der Waals surface area contributed by atoms with E-state index in [1.165, 1.54) is 23.9 Å². The van der Waals surface area contributed by atoms with Crippen molar-refractivity contribution in [2.24, 2.45) is 0 Å². The lowest BCUT2D eigenvalue weighted by molar-refractivity contribution is -0.137. The minimum atomic E-state index is -4.66. The van der Waals surface area contributed by atoms with Gasteiger partial charge in [-0.3, -0.25) is 4.21 Å². The maximum Gasteiger partial charge on any atom is 0.416 e. The van der Waals surface area contributed by atoms with Gasteiger partial charge in [0, 0.05) is 11.8 Å². The standard InChI is InChI=1S/C18H16ClF3N4O2S/c1-4-17(5-6-23)11-7-10(18(20,21)22)8-12(19)14(11)26-16(24-17)15(29(3)28)13(25-26)9(2)27/h4,7-9,24,27H,1,5H2,2-3H3. The van der Waals surface area contributed by atoms with Gasteiger partial charge in [0.2, 0.25) is 0 Å². The molecule has 0 saturated carbocycles. The van der Waals surface area contributed by atoms with Crippen LogP contribution in [-0.4, -0.2) is 25.4 Å². The molecule has 11 heteroatoms. The SMILES string of the molecule is C=CC1(CC#N)Nc2c(S(C)=O)c(C(C)O)nn2-c2c(Cl)cc(C(F)(F)F)cc21. The van der Waals surface area contributed by atoms with Crippen LogP contribution in [0.4, 0.5) is 19.0 Å². The molecule has 0 amide bonds. The van der Waals surface area contributed by atoms with Crippen LogP contribution in [0.1, 0.15) is 36.3 Å². The monoisotopic (exact) mass is 444 g/mol. The zero-order valence-electron chi connectivity index (χ0n) is 15.3. The molecule has 0 fully saturated rings. The number of hydrogen-bond donors (Lipinski definition) is 2. The fourth-order valence-corrected chi connectivity index (χ4v) is 4.56. The van der Waals surface area contributed by atoms with E-state index < -0.39 is 34.2 Å². The number of nitrogens with one attached hydrogen (secondary N) is 1. The average Bonchev–Trinajstić information content (AvgIpc) is 3.00. The number of anilines is 1. The number of rotatable bonds is 4. The van der Waals surface area contributed by atoms with Gasteiger partial charge in [-0.15, -0.1) is 6.58 Å². The van der Waals surface area contributed by atoms with E-state index in [9.17, 15) is 27.7 Å². The smallest absolute Gasteiger partial charge is 0.387 e. The topological polar surface area (TPSA) is 90.9 Å². The van der Waals surface area contributed by atoms with E-state index in [2.05, 4.69) is 17.0 Å². The summed E-state index contributed by atoms with van der Waals surface area (Å²) in [6.07, 6.45) is -3.34. The highest BCUT2D eigenvalue weighted by Gasteiger charge is 2.43. The summed E-state index contributed by atoms with van der Waals surface area (Å²) in [5.41, 5.74) is -2.18. The molecule has 3 unspecified atom stereocenters. The van der Waals surface area contributed by atoms with E-state index in [0.717, 1.165) is 12.1 Å². The molecule has 3 atom stereocenters. The third kappa shape index (κ3) is 3.33. The number of aromatic nitrogens is 2. The number of fused-ring (bicyclic) bond motifs is 3. The van der Waals surface area contributed by atoms with Crippen molar-refractivity contribution in [3.63, 3.8) is 0 Å². The molecule has 0 aliphatic carbocycles. The van der Waals surface area contributed by atoms with E-state index in [0.29, 0.717) is 0 Å². The number of benzene rings is 1. The van der Waals surface area contributed by atoms with Crippen molar-refractivity contribution in [2.45, 2.75) is 36.1 Å². The summed E-state index contributed by atoms with van der Waals surface area (Å²) >= 11 is 6.24. The normalized spacial score (nSPS) is 20.1. The molecule has 3 rings (SSSR count). The van der Waals surface area contributed by atoms with Crippen LogP contribution < -0.4 is 5.32 Å². The lowest BCUT2D eigenvalue weighted by atomic mass is 9.83. The van der Waals surface area contributed by atoms with Crippen LogP contribution in [0.3, 0.4) is 0 Å². The molecule has 154 valence electrons. The number of nitrogens with zero attached hydrogens (tertiary/aromatic N) is 3. The highest BCUT2D eigenvalue weighted by Crippen LogP contribution is 2.48. The molecule has 2 N–H and O–H groups in total. The predicted molar refractivity (Wildman–Crippen MR) is 102 cm³/mol. The molecule has 2 heterocycles. The van der Waals surface area contributed by atoms with Crippen LogP contribution in [0, 0.1) is 11.3 Å². The molecule has 6 nitrogen and oxygen atoms in total. The van der Waals surface area contributed by atoms with Crippen LogP contribution in [0.5, 0.6) is 0 Å². The minimum Gasteiger partial charge on any atom is -0.387 e. The van der Waals surface area contributed by atoms with E-state index >= 15 is 0 Å². The quantitative estimate of drug-likeness (QED) is 0.694. The van der Waals surface area contributed by atoms with Crippen molar-refractivity contribution in [1.82, 2.24) is 9.78 Å². The zero-order valence-corrected chi connectivity index (χ0v) is 16.9. The Morgan fingerprint density at radius 2 is 2.21 bits per heavy atom. The Balaban J connectivity index is 2.47. The van der Waals surface area contributed by atoms with Gasteiger partial charge < -0.3 is 10.4 Å². The molecular weight excluding hydrogens is 429 g/mol. The van der Waals surface area contributed by atoms with Crippen molar-refractivity contribution in [1.29, 1.82) is 5.26 Å². The first-order valence-electron chi connectivity index (χ1n) is 8.31. The van der Waals surface area contributed by atoms with Gasteiger partial charge in [0.15, 0.2) is 0 Å². The molecular formula is C18H16ClF3N4O2S. The summed E-state index contributed by atoms with van der Waals surface area (Å²) in [6, 6.07) is 3.60. The highest BCUT2D eigenvalue weighted by atomic mass is 35.5. The summed E-state index contributed by atoms with van der Waals surface area (Å²) in [4.78, 5) is 0.172. The van der Waals surface area contributed by atoms with Gasteiger partial charge in [-0.2, -0.15) is 23.5 Å². The first-order chi connectivity index (χ1) is 13.5. The predicted octanol–water partition coefficient (Wildman–Crippen LogP) is 4.06. The second-order valence-electron chi connectivity index (χ2n) is 6.59. The minimum absolute atomic E-state index is 0.0504. The molecule has 1 aliphatic rings. The number of aliphatic hydroxyl groups is 1. The molecule has 2 aromatic rings. The lowest BCUT2D eigenvalue weighted by Gasteiger charge is -2.38. The number of hydrogen-bond acceptors (Lipinski definition) is 5. The van der Waals surface area contributed by atoms with Crippen molar-refractivity contribution in [3.8, 4) is 11.8 Å². The number of halogens is 4. The van der Waals surface area contributed by atoms with Gasteiger partial charge in [-0.25, -0.2) is 4.68 Å². The van der Waals surface area contributed by atoms with E-state index in [1.807, 2.05) is 6.07 Å². The van der Waals surface area contributed by atoms with Gasteiger partial charge in [-0.1, -0.05) is 17.7 Å². The first kappa shape index (κ1) is 21.4. The molecule has 29 heavy (non-hydrogen) atoms. The number of nitriles is 1. The lowest BCUT2D eigenvalue weighted by Crippen LogP contribution is -2.39. The van der Waals surface area contributed by atoms with Crippen LogP contribution in [0.15, 0.2) is 29.7 Å². The summed E-state index contributed by atoms with van der Waals surface area (Å²) in [6.45, 7) is 5.12. The molecule has 0 radical (unpaired) electrons.